The van der Waals surface area contributed by atoms with Gasteiger partial charge in [0.1, 0.15) is 11.6 Å². The standard InChI is InChI=1S/C59H89N13O8/c1-43-12-11-14-51(66-43)72(57(76)49-19-18-48(79-4)39-50(49)70-35-21-44(22-36-70)41-80-55-38-46(20-28-65-55)56(58(77)78)45-16-17-45)42-59(2,3)25-9-5-6-10-32-71-40-47(67-68-71)13-7-8-15-52(73)64-31-37-69(33-23-53(74)62-29-26-60)34-24-54(75)63-30-27-61/h11-12,14,18-20,28,38-40,44-45,56H,5-10,13,15-17,21-27,29-37,41-42,60-61H2,1-4H3,(H,62,74)(H,63,75)(H,64,73)(H,77,78)/t56-/m0/s1. The van der Waals surface area contributed by atoms with Crippen LogP contribution in [0.5, 0.6) is 11.6 Å². The number of nitrogens with two attached hydrogens (primary N) is 2. The number of unbranched alkanes of at least 4 members (excludes halogenated alkanes) is 4. The molecular formula is C59H89N13O8. The third-order valence-electron chi connectivity index (χ3n) is 15.0. The SMILES string of the molecule is COc1ccc(C(=O)N(CC(C)(C)CCCCCCn2cc(CCCCC(=O)NCCN(CCC(=O)NCCN)CCC(=O)NCCN)nn2)c2cccc(C)n2)c(N2CCC(COc3cc([C@@H](C(=O)O)C4CC4)ccn3)CC2)c1. The largest absolute Gasteiger partial charge is 0.497 e. The summed E-state index contributed by atoms with van der Waals surface area (Å²) in [5, 5.41) is 27.1. The maximum atomic E-state index is 15.0. The molecular weight excluding hydrogens is 1020 g/mol. The number of methoxy groups -OCH3 is 1. The van der Waals surface area contributed by atoms with Crippen LogP contribution < -0.4 is 46.7 Å². The first-order valence-corrected chi connectivity index (χ1v) is 29.0. The third kappa shape index (κ3) is 21.1. The minimum absolute atomic E-state index is 0.0386. The number of carbonyl (C=O) groups is 5. The third-order valence-corrected chi connectivity index (χ3v) is 15.0. The fourth-order valence-electron chi connectivity index (χ4n) is 10.2. The van der Waals surface area contributed by atoms with Gasteiger partial charge in [0.15, 0.2) is 0 Å². The van der Waals surface area contributed by atoms with Crippen LogP contribution in [0.25, 0.3) is 0 Å². The summed E-state index contributed by atoms with van der Waals surface area (Å²) in [6, 6.07) is 15.1. The average Bonchev–Trinajstić information content (AvgIpc) is 4.19. The second kappa shape index (κ2) is 32.5. The van der Waals surface area contributed by atoms with Crippen molar-refractivity contribution in [2.75, 3.05) is 95.5 Å². The number of piperidine rings is 1. The zero-order valence-corrected chi connectivity index (χ0v) is 47.8. The number of amides is 4. The molecule has 4 heterocycles. The number of aryl methyl sites for hydroxylation is 3. The number of hydrogen-bond acceptors (Lipinski definition) is 15. The molecule has 0 spiro atoms. The minimum Gasteiger partial charge on any atom is -0.497 e. The fraction of sp³-hybridized carbons (Fsp3) is 0.610. The van der Waals surface area contributed by atoms with Gasteiger partial charge in [0.05, 0.1) is 36.6 Å². The number of rotatable bonds is 37. The van der Waals surface area contributed by atoms with Gasteiger partial charge in [0.2, 0.25) is 23.6 Å². The second-order valence-corrected chi connectivity index (χ2v) is 22.2. The highest BCUT2D eigenvalue weighted by atomic mass is 16.5. The first-order valence-electron chi connectivity index (χ1n) is 29.0. The molecule has 1 saturated heterocycles. The van der Waals surface area contributed by atoms with E-state index < -0.39 is 11.9 Å². The van der Waals surface area contributed by atoms with E-state index in [9.17, 15) is 29.1 Å². The molecule has 4 aromatic rings. The Morgan fingerprint density at radius 1 is 0.825 bits per heavy atom. The molecule has 80 heavy (non-hydrogen) atoms. The molecule has 438 valence electrons. The van der Waals surface area contributed by atoms with Crippen molar-refractivity contribution in [3.05, 3.63) is 83.4 Å². The number of anilines is 2. The Morgan fingerprint density at radius 3 is 2.20 bits per heavy atom. The van der Waals surface area contributed by atoms with Crippen LogP contribution >= 0.6 is 0 Å². The fourth-order valence-corrected chi connectivity index (χ4v) is 10.2. The van der Waals surface area contributed by atoms with E-state index in [1.54, 1.807) is 25.4 Å². The summed E-state index contributed by atoms with van der Waals surface area (Å²) in [5.41, 5.74) is 14.7. The predicted octanol–water partition coefficient (Wildman–Crippen LogP) is 5.64. The molecule has 1 aliphatic carbocycles. The number of pyridine rings is 2. The lowest BCUT2D eigenvalue weighted by Crippen LogP contribution is -2.41. The Balaban J connectivity index is 0.917. The smallest absolute Gasteiger partial charge is 0.311 e. The second-order valence-electron chi connectivity index (χ2n) is 22.2. The lowest BCUT2D eigenvalue weighted by Gasteiger charge is -2.36. The molecule has 3 aromatic heterocycles. The first-order chi connectivity index (χ1) is 38.6. The predicted molar refractivity (Wildman–Crippen MR) is 309 cm³/mol. The zero-order valence-electron chi connectivity index (χ0n) is 47.8. The lowest BCUT2D eigenvalue weighted by molar-refractivity contribution is -0.139. The summed E-state index contributed by atoms with van der Waals surface area (Å²) >= 11 is 0. The van der Waals surface area contributed by atoms with E-state index in [-0.39, 0.29) is 53.7 Å². The number of nitrogens with one attached hydrogen (secondary N) is 3. The summed E-state index contributed by atoms with van der Waals surface area (Å²) < 4.78 is 13.8. The van der Waals surface area contributed by atoms with Crippen molar-refractivity contribution in [1.29, 1.82) is 0 Å². The Hall–Kier alpha value is -6.71. The molecule has 8 N–H and O–H groups in total. The zero-order chi connectivity index (χ0) is 57.3. The van der Waals surface area contributed by atoms with Crippen LogP contribution in [0.1, 0.15) is 137 Å². The maximum absolute atomic E-state index is 15.0. The molecule has 21 heteroatoms. The number of carbonyl (C=O) groups excluding carboxylic acids is 4. The van der Waals surface area contributed by atoms with E-state index in [1.807, 2.05) is 64.0 Å². The highest BCUT2D eigenvalue weighted by Gasteiger charge is 2.38. The van der Waals surface area contributed by atoms with Crippen molar-refractivity contribution in [2.24, 2.45) is 28.7 Å². The lowest BCUT2D eigenvalue weighted by atomic mass is 9.86. The van der Waals surface area contributed by atoms with Gasteiger partial charge in [0, 0.05) is 128 Å². The molecule has 2 aliphatic rings. The molecule has 4 amide bonds. The van der Waals surface area contributed by atoms with Gasteiger partial charge >= 0.3 is 5.97 Å². The number of aliphatic carboxylic acids is 1. The van der Waals surface area contributed by atoms with Gasteiger partial charge in [-0.25, -0.2) is 9.97 Å². The van der Waals surface area contributed by atoms with Crippen molar-refractivity contribution in [3.8, 4) is 11.6 Å². The van der Waals surface area contributed by atoms with E-state index in [2.05, 4.69) is 50.0 Å². The van der Waals surface area contributed by atoms with Gasteiger partial charge in [-0.15, -0.1) is 5.10 Å². The molecule has 1 saturated carbocycles. The van der Waals surface area contributed by atoms with E-state index >= 15 is 0 Å². The number of carboxylic acid groups (broad SMARTS) is 1. The van der Waals surface area contributed by atoms with Crippen LogP contribution in [0, 0.1) is 24.2 Å². The van der Waals surface area contributed by atoms with E-state index in [0.29, 0.717) is 101 Å². The summed E-state index contributed by atoms with van der Waals surface area (Å²) in [6.07, 6.45) is 15.3. The average molecular weight is 1110 g/mol. The molecule has 1 atom stereocenters. The van der Waals surface area contributed by atoms with Crippen LogP contribution in [0.15, 0.2) is 60.9 Å². The van der Waals surface area contributed by atoms with Gasteiger partial charge in [-0.1, -0.05) is 44.4 Å². The number of carboxylic acids is 1. The van der Waals surface area contributed by atoms with Gasteiger partial charge in [0.25, 0.3) is 5.91 Å². The van der Waals surface area contributed by atoms with Gasteiger partial charge in [-0.3, -0.25) is 33.6 Å². The van der Waals surface area contributed by atoms with Crippen molar-refractivity contribution in [2.45, 2.75) is 130 Å². The Kier molecular flexibility index (Phi) is 25.4. The molecule has 1 aliphatic heterocycles. The van der Waals surface area contributed by atoms with Crippen molar-refractivity contribution in [3.63, 3.8) is 0 Å². The normalized spacial score (nSPS) is 14.2. The number of nitrogens with zero attached hydrogens (tertiary/aromatic N) is 8. The highest BCUT2D eigenvalue weighted by Crippen LogP contribution is 2.43. The quantitative estimate of drug-likeness (QED) is 0.0298. The highest BCUT2D eigenvalue weighted by molar-refractivity contribution is 6.09. The summed E-state index contributed by atoms with van der Waals surface area (Å²) in [7, 11) is 1.64. The molecule has 6 rings (SSSR count). The van der Waals surface area contributed by atoms with Crippen LogP contribution in [0.2, 0.25) is 0 Å². The molecule has 2 fully saturated rings. The Labute approximate surface area is 472 Å². The molecule has 0 radical (unpaired) electrons. The van der Waals surface area contributed by atoms with Gasteiger partial charge < -0.3 is 51.8 Å². The monoisotopic (exact) mass is 1110 g/mol. The van der Waals surface area contributed by atoms with Crippen molar-refractivity contribution < 1.29 is 38.6 Å². The van der Waals surface area contributed by atoms with Crippen molar-refractivity contribution in [1.82, 2.24) is 45.8 Å². The van der Waals surface area contributed by atoms with Gasteiger partial charge in [-0.05, 0) is 118 Å². The van der Waals surface area contributed by atoms with E-state index in [4.69, 9.17) is 25.9 Å². The molecule has 1 aromatic carbocycles. The number of hydrogen-bond donors (Lipinski definition) is 6. The number of aromatic nitrogens is 5. The van der Waals surface area contributed by atoms with Crippen molar-refractivity contribution >= 4 is 41.1 Å². The topological polar surface area (TPSA) is 278 Å². The van der Waals surface area contributed by atoms with Crippen LogP contribution in [0.3, 0.4) is 0 Å². The van der Waals surface area contributed by atoms with Gasteiger partial charge in [-0.2, -0.15) is 0 Å². The Morgan fingerprint density at radius 2 is 1.52 bits per heavy atom. The van der Waals surface area contributed by atoms with Crippen LogP contribution in [-0.2, 0) is 32.1 Å². The Bertz CT molecular complexity index is 2560. The van der Waals surface area contributed by atoms with E-state index in [0.717, 1.165) is 113 Å². The first kappa shape index (κ1) is 62.5. The number of ether oxygens (including phenoxy) is 2. The summed E-state index contributed by atoms with van der Waals surface area (Å²) in [6.45, 7) is 13.0. The van der Waals surface area contributed by atoms with Crippen LogP contribution in [0.4, 0.5) is 11.5 Å². The molecule has 0 bridgehead atoms. The van der Waals surface area contributed by atoms with Crippen LogP contribution in [-0.4, -0.2) is 150 Å². The molecule has 0 unspecified atom stereocenters. The van der Waals surface area contributed by atoms with E-state index in [1.165, 1.54) is 0 Å². The summed E-state index contributed by atoms with van der Waals surface area (Å²) in [4.78, 5) is 79.4. The maximum Gasteiger partial charge on any atom is 0.311 e. The summed E-state index contributed by atoms with van der Waals surface area (Å²) in [5.74, 6) is 0.501. The number of benzene rings is 1. The minimum atomic E-state index is -0.805. The molecule has 21 nitrogen and oxygen atoms in total.